The molecule has 21 heavy (non-hydrogen) atoms. The van der Waals surface area contributed by atoms with E-state index in [1.807, 2.05) is 24.3 Å². The van der Waals surface area contributed by atoms with Crippen LogP contribution in [0.5, 0.6) is 0 Å². The van der Waals surface area contributed by atoms with E-state index in [0.717, 1.165) is 24.1 Å². The number of nitrogens with zero attached hydrogens (tertiary/aromatic N) is 1. The van der Waals surface area contributed by atoms with Crippen molar-refractivity contribution in [2.75, 3.05) is 4.90 Å². The summed E-state index contributed by atoms with van der Waals surface area (Å²) in [6, 6.07) is 10.9. The van der Waals surface area contributed by atoms with Crippen LogP contribution in [0.25, 0.3) is 0 Å². The van der Waals surface area contributed by atoms with Crippen molar-refractivity contribution in [3.05, 3.63) is 64.1 Å². The van der Waals surface area contributed by atoms with Gasteiger partial charge in [0.2, 0.25) is 5.56 Å². The molecule has 0 spiro atoms. The maximum Gasteiger partial charge on any atom is 0.258 e. The Morgan fingerprint density at radius 3 is 2.52 bits per heavy atom. The molecule has 0 radical (unpaired) electrons. The van der Waals surface area contributed by atoms with Crippen molar-refractivity contribution in [2.45, 2.75) is 25.4 Å². The fraction of sp³-hybridized carbons (Fsp3) is 0.250. The highest BCUT2D eigenvalue weighted by Gasteiger charge is 2.34. The molecule has 3 rings (SSSR count). The smallest absolute Gasteiger partial charge is 0.258 e. The second-order valence-electron chi connectivity index (χ2n) is 5.22. The molecule has 1 fully saturated rings. The molecule has 5 nitrogen and oxygen atoms in total. The highest BCUT2D eigenvalue weighted by atomic mass is 16.2. The van der Waals surface area contributed by atoms with Crippen LogP contribution in [-0.2, 0) is 6.54 Å². The van der Waals surface area contributed by atoms with E-state index in [2.05, 4.69) is 4.98 Å². The Hall–Kier alpha value is -2.40. The number of amides is 1. The van der Waals surface area contributed by atoms with Gasteiger partial charge in [0.15, 0.2) is 0 Å². The second-order valence-corrected chi connectivity index (χ2v) is 5.22. The SMILES string of the molecule is NCc1ccc(N(C(=O)c2cc[nH]c(=O)c2)C2CC2)cc1. The average molecular weight is 283 g/mol. The minimum Gasteiger partial charge on any atom is -0.329 e. The number of H-pyrrole nitrogens is 1. The van der Waals surface area contributed by atoms with E-state index >= 15 is 0 Å². The standard InChI is InChI=1S/C16H17N3O2/c17-10-11-1-3-13(4-2-11)19(14-5-6-14)16(21)12-7-8-18-15(20)9-12/h1-4,7-9,14H,5-6,10,17H2,(H,18,20). The Morgan fingerprint density at radius 2 is 1.95 bits per heavy atom. The van der Waals surface area contributed by atoms with Crippen molar-refractivity contribution in [3.63, 3.8) is 0 Å². The van der Waals surface area contributed by atoms with Gasteiger partial charge in [-0.15, -0.1) is 0 Å². The number of nitrogens with two attached hydrogens (primary N) is 1. The summed E-state index contributed by atoms with van der Waals surface area (Å²) < 4.78 is 0. The van der Waals surface area contributed by atoms with Gasteiger partial charge in [-0.3, -0.25) is 9.59 Å². The van der Waals surface area contributed by atoms with Crippen LogP contribution in [0.4, 0.5) is 5.69 Å². The van der Waals surface area contributed by atoms with E-state index in [1.165, 1.54) is 12.3 Å². The zero-order valence-corrected chi connectivity index (χ0v) is 11.6. The molecule has 0 bridgehead atoms. The molecule has 0 atom stereocenters. The molecule has 2 aromatic rings. The van der Waals surface area contributed by atoms with E-state index in [-0.39, 0.29) is 17.5 Å². The summed E-state index contributed by atoms with van der Waals surface area (Å²) in [7, 11) is 0. The Balaban J connectivity index is 1.94. The average Bonchev–Trinajstić information content (AvgIpc) is 3.33. The molecule has 1 heterocycles. The van der Waals surface area contributed by atoms with Crippen molar-refractivity contribution < 1.29 is 4.79 Å². The van der Waals surface area contributed by atoms with Gasteiger partial charge in [0, 0.05) is 36.1 Å². The number of carbonyl (C=O) groups is 1. The summed E-state index contributed by atoms with van der Waals surface area (Å²) in [5.41, 5.74) is 7.61. The van der Waals surface area contributed by atoms with E-state index in [0.29, 0.717) is 12.1 Å². The van der Waals surface area contributed by atoms with E-state index in [4.69, 9.17) is 5.73 Å². The molecule has 0 aliphatic heterocycles. The van der Waals surface area contributed by atoms with Crippen molar-refractivity contribution in [1.29, 1.82) is 0 Å². The molecule has 1 amide bonds. The van der Waals surface area contributed by atoms with Gasteiger partial charge in [-0.1, -0.05) is 12.1 Å². The Morgan fingerprint density at radius 1 is 1.24 bits per heavy atom. The van der Waals surface area contributed by atoms with Gasteiger partial charge in [-0.25, -0.2) is 0 Å². The number of hydrogen-bond donors (Lipinski definition) is 2. The van der Waals surface area contributed by atoms with Crippen LogP contribution in [0.1, 0.15) is 28.8 Å². The minimum absolute atomic E-state index is 0.135. The summed E-state index contributed by atoms with van der Waals surface area (Å²) in [6.07, 6.45) is 3.49. The lowest BCUT2D eigenvalue weighted by Gasteiger charge is -2.22. The molecule has 108 valence electrons. The first-order chi connectivity index (χ1) is 10.2. The third-order valence-electron chi connectivity index (χ3n) is 3.60. The second kappa shape index (κ2) is 5.54. The number of anilines is 1. The van der Waals surface area contributed by atoms with E-state index in [1.54, 1.807) is 11.0 Å². The van der Waals surface area contributed by atoms with Crippen LogP contribution in [0.3, 0.4) is 0 Å². The minimum atomic E-state index is -0.268. The van der Waals surface area contributed by atoms with Crippen LogP contribution in [-0.4, -0.2) is 16.9 Å². The molecule has 1 aromatic carbocycles. The van der Waals surface area contributed by atoms with Gasteiger partial charge < -0.3 is 15.6 Å². The molecule has 5 heteroatoms. The van der Waals surface area contributed by atoms with Crippen molar-refractivity contribution in [2.24, 2.45) is 5.73 Å². The van der Waals surface area contributed by atoms with Gasteiger partial charge in [0.25, 0.3) is 5.91 Å². The quantitative estimate of drug-likeness (QED) is 0.895. The van der Waals surface area contributed by atoms with Crippen LogP contribution < -0.4 is 16.2 Å². The van der Waals surface area contributed by atoms with Gasteiger partial charge in [-0.05, 0) is 36.6 Å². The topological polar surface area (TPSA) is 79.2 Å². The number of benzene rings is 1. The van der Waals surface area contributed by atoms with Crippen molar-refractivity contribution >= 4 is 11.6 Å². The van der Waals surface area contributed by atoms with Gasteiger partial charge in [-0.2, -0.15) is 0 Å². The predicted octanol–water partition coefficient (Wildman–Crippen LogP) is 1.64. The van der Waals surface area contributed by atoms with Gasteiger partial charge in [0.05, 0.1) is 0 Å². The summed E-state index contributed by atoms with van der Waals surface area (Å²) >= 11 is 0. The van der Waals surface area contributed by atoms with Crippen LogP contribution in [0.15, 0.2) is 47.4 Å². The van der Waals surface area contributed by atoms with E-state index in [9.17, 15) is 9.59 Å². The molecule has 1 aliphatic rings. The number of rotatable bonds is 4. The molecular weight excluding hydrogens is 266 g/mol. The fourth-order valence-corrected chi connectivity index (χ4v) is 2.34. The zero-order valence-electron chi connectivity index (χ0n) is 11.6. The molecule has 1 saturated carbocycles. The first kappa shape index (κ1) is 13.6. The Kier molecular flexibility index (Phi) is 3.58. The highest BCUT2D eigenvalue weighted by molar-refractivity contribution is 6.06. The van der Waals surface area contributed by atoms with Gasteiger partial charge >= 0.3 is 0 Å². The predicted molar refractivity (Wildman–Crippen MR) is 81.2 cm³/mol. The first-order valence-electron chi connectivity index (χ1n) is 7.00. The molecule has 3 N–H and O–H groups in total. The summed E-state index contributed by atoms with van der Waals surface area (Å²) in [4.78, 5) is 28.4. The number of carbonyl (C=O) groups excluding carboxylic acids is 1. The third-order valence-corrected chi connectivity index (χ3v) is 3.60. The largest absolute Gasteiger partial charge is 0.329 e. The fourth-order valence-electron chi connectivity index (χ4n) is 2.34. The highest BCUT2D eigenvalue weighted by Crippen LogP contribution is 2.33. The zero-order chi connectivity index (χ0) is 14.8. The lowest BCUT2D eigenvalue weighted by molar-refractivity contribution is 0.0985. The van der Waals surface area contributed by atoms with Crippen molar-refractivity contribution in [3.8, 4) is 0 Å². The van der Waals surface area contributed by atoms with Gasteiger partial charge in [0.1, 0.15) is 0 Å². The molecule has 0 saturated heterocycles. The maximum atomic E-state index is 12.7. The van der Waals surface area contributed by atoms with Crippen LogP contribution >= 0.6 is 0 Å². The number of aromatic amines is 1. The Bertz CT molecular complexity index is 702. The third kappa shape index (κ3) is 2.87. The number of nitrogens with one attached hydrogen (secondary N) is 1. The summed E-state index contributed by atoms with van der Waals surface area (Å²) in [6.45, 7) is 0.478. The molecule has 0 unspecified atom stereocenters. The van der Waals surface area contributed by atoms with Crippen LogP contribution in [0.2, 0.25) is 0 Å². The molecule has 1 aliphatic carbocycles. The number of pyridine rings is 1. The maximum absolute atomic E-state index is 12.7. The van der Waals surface area contributed by atoms with Crippen molar-refractivity contribution in [1.82, 2.24) is 4.98 Å². The summed E-state index contributed by atoms with van der Waals surface area (Å²) in [5.74, 6) is -0.135. The molecule has 1 aromatic heterocycles. The monoisotopic (exact) mass is 283 g/mol. The lowest BCUT2D eigenvalue weighted by Crippen LogP contribution is -2.33. The van der Waals surface area contributed by atoms with E-state index < -0.39 is 0 Å². The number of aromatic nitrogens is 1. The Labute approximate surface area is 122 Å². The lowest BCUT2D eigenvalue weighted by atomic mass is 10.1. The molecular formula is C16H17N3O2. The normalized spacial score (nSPS) is 14.0. The number of hydrogen-bond acceptors (Lipinski definition) is 3. The summed E-state index contributed by atoms with van der Waals surface area (Å²) in [5, 5.41) is 0. The first-order valence-corrected chi connectivity index (χ1v) is 7.00. The van der Waals surface area contributed by atoms with Crippen LogP contribution in [0, 0.1) is 0 Å².